The lowest BCUT2D eigenvalue weighted by Crippen LogP contribution is -2.15. The number of rotatable bonds is 33. The van der Waals surface area contributed by atoms with Gasteiger partial charge in [0.1, 0.15) is 6.61 Å². The molecule has 0 aromatic carbocycles. The minimum atomic E-state index is 0.438. The van der Waals surface area contributed by atoms with Gasteiger partial charge < -0.3 is 33.2 Å². The summed E-state index contributed by atoms with van der Waals surface area (Å²) in [6.45, 7) is 13.2. The van der Waals surface area contributed by atoms with Gasteiger partial charge in [-0.3, -0.25) is 0 Å². The third-order valence-electron chi connectivity index (χ3n) is 5.16. The molecular formula is C27H56O9. The molecule has 36 heavy (non-hydrogen) atoms. The number of ether oxygens (including phenoxy) is 7. The van der Waals surface area contributed by atoms with E-state index in [9.17, 15) is 0 Å². The number of hydrogen-bond donors (Lipinski definition) is 0. The van der Waals surface area contributed by atoms with Gasteiger partial charge in [0, 0.05) is 6.61 Å². The van der Waals surface area contributed by atoms with E-state index >= 15 is 0 Å². The van der Waals surface area contributed by atoms with Crippen molar-refractivity contribution in [1.29, 1.82) is 0 Å². The Morgan fingerprint density at radius 2 is 0.583 bits per heavy atom. The smallest absolute Gasteiger partial charge is 0.106 e. The zero-order valence-corrected chi connectivity index (χ0v) is 23.4. The van der Waals surface area contributed by atoms with Gasteiger partial charge in [0.2, 0.25) is 0 Å². The molecule has 0 aliphatic heterocycles. The van der Waals surface area contributed by atoms with Gasteiger partial charge in [0.05, 0.1) is 92.5 Å². The minimum absolute atomic E-state index is 0.438. The molecule has 0 saturated heterocycles. The van der Waals surface area contributed by atoms with Gasteiger partial charge in [0.15, 0.2) is 0 Å². The molecule has 0 aliphatic rings. The summed E-state index contributed by atoms with van der Waals surface area (Å²) >= 11 is 0. The Morgan fingerprint density at radius 3 is 0.972 bits per heavy atom. The first-order chi connectivity index (χ1) is 17.9. The highest BCUT2D eigenvalue weighted by atomic mass is 17.2. The van der Waals surface area contributed by atoms with E-state index in [-0.39, 0.29) is 0 Å². The van der Waals surface area contributed by atoms with E-state index in [0.717, 1.165) is 13.0 Å². The second-order valence-corrected chi connectivity index (χ2v) is 8.34. The molecule has 0 bridgehead atoms. The van der Waals surface area contributed by atoms with Crippen molar-refractivity contribution in [1.82, 2.24) is 0 Å². The molecule has 0 aliphatic carbocycles. The average molecular weight is 525 g/mol. The lowest BCUT2D eigenvalue weighted by Gasteiger charge is -2.08. The molecule has 0 aromatic heterocycles. The van der Waals surface area contributed by atoms with Crippen molar-refractivity contribution < 1.29 is 42.9 Å². The van der Waals surface area contributed by atoms with Crippen LogP contribution < -0.4 is 0 Å². The van der Waals surface area contributed by atoms with Crippen LogP contribution in [0.5, 0.6) is 0 Å². The van der Waals surface area contributed by atoms with Crippen LogP contribution in [0.4, 0.5) is 0 Å². The summed E-state index contributed by atoms with van der Waals surface area (Å²) in [6.07, 6.45) is 11.7. The molecule has 9 nitrogen and oxygen atoms in total. The molecule has 9 heteroatoms. The molecule has 0 spiro atoms. The monoisotopic (exact) mass is 524 g/mol. The molecule has 218 valence electrons. The van der Waals surface area contributed by atoms with Crippen LogP contribution in [-0.2, 0) is 42.9 Å². The van der Waals surface area contributed by atoms with E-state index < -0.39 is 0 Å². The van der Waals surface area contributed by atoms with Gasteiger partial charge in [-0.25, -0.2) is 9.78 Å². The quantitative estimate of drug-likeness (QED) is 0.0695. The van der Waals surface area contributed by atoms with E-state index in [1.807, 2.05) is 6.92 Å². The Balaban J connectivity index is 3.00. The normalized spacial score (nSPS) is 11.5. The molecule has 0 unspecified atom stereocenters. The highest BCUT2D eigenvalue weighted by molar-refractivity contribution is 4.46. The predicted molar refractivity (Wildman–Crippen MR) is 141 cm³/mol. The summed E-state index contributed by atoms with van der Waals surface area (Å²) in [7, 11) is 0. The Hall–Kier alpha value is -0.360. The van der Waals surface area contributed by atoms with Gasteiger partial charge >= 0.3 is 0 Å². The number of unbranched alkanes of at least 4 members (excludes halogenated alkanes) is 8. The summed E-state index contributed by atoms with van der Waals surface area (Å²) in [4.78, 5) is 10.3. The van der Waals surface area contributed by atoms with Gasteiger partial charge in [-0.15, -0.1) is 0 Å². The van der Waals surface area contributed by atoms with Crippen molar-refractivity contribution in [2.75, 3.05) is 106 Å². The van der Waals surface area contributed by atoms with E-state index in [0.29, 0.717) is 99.1 Å². The van der Waals surface area contributed by atoms with Crippen molar-refractivity contribution in [2.45, 2.75) is 71.6 Å². The van der Waals surface area contributed by atoms with Crippen LogP contribution in [0.2, 0.25) is 0 Å². The van der Waals surface area contributed by atoms with E-state index in [4.69, 9.17) is 42.9 Å². The van der Waals surface area contributed by atoms with Crippen LogP contribution in [0.15, 0.2) is 0 Å². The van der Waals surface area contributed by atoms with Gasteiger partial charge in [0.25, 0.3) is 0 Å². The maximum atomic E-state index is 5.46. The minimum Gasteiger partial charge on any atom is -0.379 e. The summed E-state index contributed by atoms with van der Waals surface area (Å²) in [5.41, 5.74) is 0. The molecule has 0 atom stereocenters. The first-order valence-electron chi connectivity index (χ1n) is 14.2. The van der Waals surface area contributed by atoms with Crippen LogP contribution in [0.1, 0.15) is 71.6 Å². The zero-order chi connectivity index (χ0) is 26.0. The fraction of sp³-hybridized carbons (Fsp3) is 1.00. The van der Waals surface area contributed by atoms with Gasteiger partial charge in [-0.2, -0.15) is 0 Å². The summed E-state index contributed by atoms with van der Waals surface area (Å²) in [5.74, 6) is 0. The molecule has 0 amide bonds. The summed E-state index contributed by atoms with van der Waals surface area (Å²) < 4.78 is 37.8. The van der Waals surface area contributed by atoms with Crippen molar-refractivity contribution in [2.24, 2.45) is 0 Å². The molecule has 0 N–H and O–H groups in total. The molecule has 0 saturated carbocycles. The van der Waals surface area contributed by atoms with Crippen molar-refractivity contribution in [3.05, 3.63) is 0 Å². The van der Waals surface area contributed by atoms with Crippen molar-refractivity contribution >= 4 is 0 Å². The molecule has 0 rings (SSSR count). The first-order valence-corrected chi connectivity index (χ1v) is 14.2. The zero-order valence-electron chi connectivity index (χ0n) is 23.4. The highest BCUT2D eigenvalue weighted by Gasteiger charge is 1.96. The number of hydrogen-bond acceptors (Lipinski definition) is 9. The lowest BCUT2D eigenvalue weighted by atomic mass is 10.1. The Kier molecular flexibility index (Phi) is 34.3. The predicted octanol–water partition coefficient (Wildman–Crippen LogP) is 4.60. The Labute approximate surface area is 220 Å². The molecule has 0 aromatic rings. The summed E-state index contributed by atoms with van der Waals surface area (Å²) in [5, 5.41) is 0. The van der Waals surface area contributed by atoms with E-state index in [1.165, 1.54) is 51.4 Å². The van der Waals surface area contributed by atoms with Crippen molar-refractivity contribution in [3.63, 3.8) is 0 Å². The van der Waals surface area contributed by atoms with Gasteiger partial charge in [-0.05, 0) is 13.3 Å². The first kappa shape index (κ1) is 35.6. The second kappa shape index (κ2) is 34.6. The molecule has 0 heterocycles. The van der Waals surface area contributed by atoms with Crippen LogP contribution in [0.3, 0.4) is 0 Å². The van der Waals surface area contributed by atoms with E-state index in [2.05, 4.69) is 6.92 Å². The summed E-state index contributed by atoms with van der Waals surface area (Å²) in [6, 6.07) is 0. The van der Waals surface area contributed by atoms with E-state index in [1.54, 1.807) is 0 Å². The Morgan fingerprint density at radius 1 is 0.278 bits per heavy atom. The lowest BCUT2D eigenvalue weighted by molar-refractivity contribution is -0.299. The standard InChI is InChI=1S/C27H56O9/c1-3-5-6-7-8-9-10-11-12-13-35-36-27-26-34-25-24-33-23-22-32-21-20-31-19-18-30-17-16-29-15-14-28-4-2/h3-27H2,1-2H3. The van der Waals surface area contributed by atoms with Crippen LogP contribution >= 0.6 is 0 Å². The largest absolute Gasteiger partial charge is 0.379 e. The average Bonchev–Trinajstić information content (AvgIpc) is 2.89. The Bertz CT molecular complexity index is 341. The van der Waals surface area contributed by atoms with Crippen molar-refractivity contribution in [3.8, 4) is 0 Å². The SMILES string of the molecule is CCCCCCCCCCCOOCCOCCOCCOCCOCCOCCOCCOCC. The van der Waals surface area contributed by atoms with Crippen LogP contribution in [0, 0.1) is 0 Å². The fourth-order valence-electron chi connectivity index (χ4n) is 3.15. The third-order valence-corrected chi connectivity index (χ3v) is 5.16. The third kappa shape index (κ3) is 33.6. The van der Waals surface area contributed by atoms with Crippen LogP contribution in [-0.4, -0.2) is 106 Å². The molecule has 0 radical (unpaired) electrons. The highest BCUT2D eigenvalue weighted by Crippen LogP contribution is 2.09. The second-order valence-electron chi connectivity index (χ2n) is 8.34. The van der Waals surface area contributed by atoms with Gasteiger partial charge in [-0.1, -0.05) is 58.3 Å². The van der Waals surface area contributed by atoms with Crippen LogP contribution in [0.25, 0.3) is 0 Å². The molecule has 0 fully saturated rings. The maximum absolute atomic E-state index is 5.46. The molecular weight excluding hydrogens is 468 g/mol. The fourth-order valence-corrected chi connectivity index (χ4v) is 3.15. The maximum Gasteiger partial charge on any atom is 0.106 e. The topological polar surface area (TPSA) is 83.1 Å².